The van der Waals surface area contributed by atoms with Crippen LogP contribution in [0.2, 0.25) is 0 Å². The van der Waals surface area contributed by atoms with Gasteiger partial charge in [0, 0.05) is 30.3 Å². The van der Waals surface area contributed by atoms with Gasteiger partial charge < -0.3 is 10.1 Å². The summed E-state index contributed by atoms with van der Waals surface area (Å²) < 4.78 is 5.74. The maximum Gasteiger partial charge on any atom is 0.224 e. The molecule has 0 aliphatic heterocycles. The van der Waals surface area contributed by atoms with Crippen LogP contribution in [0.1, 0.15) is 6.92 Å². The molecule has 0 atom stereocenters. The zero-order valence-electron chi connectivity index (χ0n) is 11.1. The minimum absolute atomic E-state index is 0.506. The second-order valence-corrected chi connectivity index (χ2v) is 4.23. The van der Waals surface area contributed by atoms with E-state index in [0.717, 1.165) is 23.3 Å². The standard InChI is InChI=1S/C15H14N4O/c1-2-16-14-9-15(19-10-18-14)20-12-6-5-11-4-3-7-17-13(11)8-12/h3-10H,2H2,1H3,(H,16,18,19). The van der Waals surface area contributed by atoms with E-state index in [9.17, 15) is 0 Å². The number of hydrogen-bond acceptors (Lipinski definition) is 5. The Labute approximate surface area is 116 Å². The van der Waals surface area contributed by atoms with E-state index in [1.54, 1.807) is 12.3 Å². The fourth-order valence-electron chi connectivity index (χ4n) is 1.90. The number of benzene rings is 1. The molecule has 0 fully saturated rings. The van der Waals surface area contributed by atoms with Crippen molar-refractivity contribution >= 4 is 16.7 Å². The number of aromatic nitrogens is 3. The number of ether oxygens (including phenoxy) is 1. The van der Waals surface area contributed by atoms with Gasteiger partial charge in [0.2, 0.25) is 5.88 Å². The highest BCUT2D eigenvalue weighted by molar-refractivity contribution is 5.79. The molecule has 0 spiro atoms. The fraction of sp³-hybridized carbons (Fsp3) is 0.133. The number of pyridine rings is 1. The number of nitrogens with zero attached hydrogens (tertiary/aromatic N) is 3. The minimum atomic E-state index is 0.506. The molecule has 5 nitrogen and oxygen atoms in total. The lowest BCUT2D eigenvalue weighted by atomic mass is 10.2. The minimum Gasteiger partial charge on any atom is -0.439 e. The molecule has 2 heterocycles. The van der Waals surface area contributed by atoms with Crippen molar-refractivity contribution in [3.8, 4) is 11.6 Å². The Bertz CT molecular complexity index is 730. The van der Waals surface area contributed by atoms with Crippen molar-refractivity contribution in [3.05, 3.63) is 48.9 Å². The smallest absolute Gasteiger partial charge is 0.224 e. The first-order valence-corrected chi connectivity index (χ1v) is 6.44. The highest BCUT2D eigenvalue weighted by atomic mass is 16.5. The Morgan fingerprint density at radius 2 is 2.05 bits per heavy atom. The zero-order valence-corrected chi connectivity index (χ0v) is 11.1. The van der Waals surface area contributed by atoms with Crippen LogP contribution in [0, 0.1) is 0 Å². The average Bonchev–Trinajstić information content (AvgIpc) is 2.48. The van der Waals surface area contributed by atoms with E-state index in [-0.39, 0.29) is 0 Å². The molecule has 2 aromatic heterocycles. The van der Waals surface area contributed by atoms with Crippen molar-refractivity contribution in [2.45, 2.75) is 6.92 Å². The maximum atomic E-state index is 5.74. The Kier molecular flexibility index (Phi) is 3.41. The molecule has 1 aromatic carbocycles. The van der Waals surface area contributed by atoms with Gasteiger partial charge in [0.15, 0.2) is 0 Å². The van der Waals surface area contributed by atoms with Crippen LogP contribution in [-0.2, 0) is 0 Å². The average molecular weight is 266 g/mol. The molecular formula is C15H14N4O. The molecule has 0 saturated carbocycles. The van der Waals surface area contributed by atoms with Crippen molar-refractivity contribution in [1.82, 2.24) is 15.0 Å². The van der Waals surface area contributed by atoms with Crippen LogP contribution in [0.4, 0.5) is 5.82 Å². The van der Waals surface area contributed by atoms with Gasteiger partial charge in [0.1, 0.15) is 17.9 Å². The third-order valence-corrected chi connectivity index (χ3v) is 2.80. The highest BCUT2D eigenvalue weighted by Crippen LogP contribution is 2.24. The summed E-state index contributed by atoms with van der Waals surface area (Å²) in [4.78, 5) is 12.5. The van der Waals surface area contributed by atoms with Gasteiger partial charge in [-0.15, -0.1) is 0 Å². The molecule has 0 amide bonds. The summed E-state index contributed by atoms with van der Waals surface area (Å²) in [7, 11) is 0. The quantitative estimate of drug-likeness (QED) is 0.785. The molecule has 100 valence electrons. The van der Waals surface area contributed by atoms with Crippen molar-refractivity contribution in [2.24, 2.45) is 0 Å². The van der Waals surface area contributed by atoms with E-state index >= 15 is 0 Å². The van der Waals surface area contributed by atoms with Crippen LogP contribution in [0.5, 0.6) is 11.6 Å². The third kappa shape index (κ3) is 2.66. The molecule has 1 N–H and O–H groups in total. The Morgan fingerprint density at radius 1 is 1.10 bits per heavy atom. The van der Waals surface area contributed by atoms with Crippen molar-refractivity contribution in [2.75, 3.05) is 11.9 Å². The third-order valence-electron chi connectivity index (χ3n) is 2.80. The molecule has 0 unspecified atom stereocenters. The molecule has 0 saturated heterocycles. The summed E-state index contributed by atoms with van der Waals surface area (Å²) in [6, 6.07) is 11.5. The summed E-state index contributed by atoms with van der Waals surface area (Å²) in [5, 5.41) is 4.20. The van der Waals surface area contributed by atoms with Gasteiger partial charge in [0.05, 0.1) is 5.52 Å². The largest absolute Gasteiger partial charge is 0.439 e. The molecule has 0 bridgehead atoms. The van der Waals surface area contributed by atoms with E-state index in [1.165, 1.54) is 6.33 Å². The lowest BCUT2D eigenvalue weighted by molar-refractivity contribution is 0.462. The van der Waals surface area contributed by atoms with Crippen molar-refractivity contribution in [3.63, 3.8) is 0 Å². The molecule has 0 radical (unpaired) electrons. The monoisotopic (exact) mass is 266 g/mol. The highest BCUT2D eigenvalue weighted by Gasteiger charge is 2.02. The second-order valence-electron chi connectivity index (χ2n) is 4.23. The van der Waals surface area contributed by atoms with Crippen molar-refractivity contribution < 1.29 is 4.74 Å². The summed E-state index contributed by atoms with van der Waals surface area (Å²) >= 11 is 0. The van der Waals surface area contributed by atoms with E-state index in [0.29, 0.717) is 11.6 Å². The Morgan fingerprint density at radius 3 is 2.95 bits per heavy atom. The van der Waals surface area contributed by atoms with Gasteiger partial charge in [-0.3, -0.25) is 4.98 Å². The Hall–Kier alpha value is -2.69. The number of nitrogens with one attached hydrogen (secondary N) is 1. The number of fused-ring (bicyclic) bond motifs is 1. The molecule has 0 aliphatic rings. The molecule has 3 rings (SSSR count). The molecule has 5 heteroatoms. The number of rotatable bonds is 4. The van der Waals surface area contributed by atoms with Gasteiger partial charge >= 0.3 is 0 Å². The van der Waals surface area contributed by atoms with Crippen LogP contribution in [0.25, 0.3) is 10.9 Å². The molecule has 3 aromatic rings. The number of hydrogen-bond donors (Lipinski definition) is 1. The first kappa shape index (κ1) is 12.3. The maximum absolute atomic E-state index is 5.74. The SMILES string of the molecule is CCNc1cc(Oc2ccc3cccnc3c2)ncn1. The zero-order chi connectivity index (χ0) is 13.8. The van der Waals surface area contributed by atoms with Crippen LogP contribution in [0.3, 0.4) is 0 Å². The van der Waals surface area contributed by atoms with Gasteiger partial charge in [-0.05, 0) is 25.1 Å². The first-order valence-electron chi connectivity index (χ1n) is 6.44. The molecule has 0 aliphatic carbocycles. The van der Waals surface area contributed by atoms with E-state index in [2.05, 4.69) is 20.3 Å². The summed E-state index contributed by atoms with van der Waals surface area (Å²) in [5.74, 6) is 1.96. The summed E-state index contributed by atoms with van der Waals surface area (Å²) in [5.41, 5.74) is 0.894. The predicted molar refractivity (Wildman–Crippen MR) is 78.0 cm³/mol. The van der Waals surface area contributed by atoms with Crippen molar-refractivity contribution in [1.29, 1.82) is 0 Å². The van der Waals surface area contributed by atoms with Crippen LogP contribution in [-0.4, -0.2) is 21.5 Å². The van der Waals surface area contributed by atoms with Gasteiger partial charge in [-0.2, -0.15) is 0 Å². The normalized spacial score (nSPS) is 10.4. The molecular weight excluding hydrogens is 252 g/mol. The summed E-state index contributed by atoms with van der Waals surface area (Å²) in [6.07, 6.45) is 3.24. The van der Waals surface area contributed by atoms with Crippen LogP contribution < -0.4 is 10.1 Å². The topological polar surface area (TPSA) is 59.9 Å². The fourth-order valence-corrected chi connectivity index (χ4v) is 1.90. The van der Waals surface area contributed by atoms with E-state index < -0.39 is 0 Å². The molecule has 20 heavy (non-hydrogen) atoms. The Balaban J connectivity index is 1.87. The lowest BCUT2D eigenvalue weighted by Crippen LogP contribution is -2.00. The van der Waals surface area contributed by atoms with E-state index in [1.807, 2.05) is 37.3 Å². The predicted octanol–water partition coefficient (Wildman–Crippen LogP) is 3.25. The van der Waals surface area contributed by atoms with Gasteiger partial charge in [-0.25, -0.2) is 9.97 Å². The van der Waals surface area contributed by atoms with Gasteiger partial charge in [0.25, 0.3) is 0 Å². The first-order chi connectivity index (χ1) is 9.85. The van der Waals surface area contributed by atoms with Gasteiger partial charge in [-0.1, -0.05) is 6.07 Å². The van der Waals surface area contributed by atoms with Crippen LogP contribution >= 0.6 is 0 Å². The lowest BCUT2D eigenvalue weighted by Gasteiger charge is -2.07. The van der Waals surface area contributed by atoms with Crippen LogP contribution in [0.15, 0.2) is 48.9 Å². The second kappa shape index (κ2) is 5.52. The summed E-state index contributed by atoms with van der Waals surface area (Å²) in [6.45, 7) is 2.81. The van der Waals surface area contributed by atoms with E-state index in [4.69, 9.17) is 4.74 Å². The number of anilines is 1.